The average Bonchev–Trinajstić information content (AvgIpc) is 2.96. The predicted octanol–water partition coefficient (Wildman–Crippen LogP) is 2.75. The summed E-state index contributed by atoms with van der Waals surface area (Å²) in [6.07, 6.45) is 1.61. The molecule has 0 radical (unpaired) electrons. The Hall–Kier alpha value is -0.520. The van der Waals surface area contributed by atoms with Gasteiger partial charge in [0.25, 0.3) is 0 Å². The number of hydrogen-bond acceptors (Lipinski definition) is 4. The van der Waals surface area contributed by atoms with Gasteiger partial charge in [-0.2, -0.15) is 0 Å². The van der Waals surface area contributed by atoms with Crippen molar-refractivity contribution >= 4 is 23.2 Å². The molecule has 21 heavy (non-hydrogen) atoms. The van der Waals surface area contributed by atoms with Crippen molar-refractivity contribution in [1.82, 2.24) is 5.32 Å². The van der Waals surface area contributed by atoms with E-state index in [1.165, 1.54) is 0 Å². The molecule has 0 aliphatic carbocycles. The molecule has 6 heteroatoms. The fourth-order valence-corrected chi connectivity index (χ4v) is 2.75. The van der Waals surface area contributed by atoms with Crippen LogP contribution in [0.1, 0.15) is 12.8 Å². The highest BCUT2D eigenvalue weighted by Gasteiger charge is 2.15. The summed E-state index contributed by atoms with van der Waals surface area (Å²) in [6, 6.07) is 5.16. The van der Waals surface area contributed by atoms with Crippen LogP contribution >= 0.6 is 23.2 Å². The standard InChI is InChI=1S/C15H21Cl2NO3/c16-13-2-1-3-14(17)15(13)21-10-12(19)8-18-6-4-11-5-7-20-9-11/h1-3,11-12,18-19H,4-10H2. The summed E-state index contributed by atoms with van der Waals surface area (Å²) in [5.41, 5.74) is 0. The molecule has 0 amide bonds. The van der Waals surface area contributed by atoms with Crippen molar-refractivity contribution in [1.29, 1.82) is 0 Å². The second-order valence-corrected chi connectivity index (χ2v) is 6.05. The number of ether oxygens (including phenoxy) is 2. The SMILES string of the molecule is OC(CNCCC1CCOC1)COc1c(Cl)cccc1Cl. The van der Waals surface area contributed by atoms with Crippen LogP contribution in [-0.2, 0) is 4.74 Å². The normalized spacial score (nSPS) is 19.7. The highest BCUT2D eigenvalue weighted by molar-refractivity contribution is 6.37. The Morgan fingerprint density at radius 2 is 2.14 bits per heavy atom. The van der Waals surface area contributed by atoms with E-state index < -0.39 is 6.10 Å². The van der Waals surface area contributed by atoms with Crippen LogP contribution in [0.2, 0.25) is 10.0 Å². The maximum Gasteiger partial charge on any atom is 0.156 e. The summed E-state index contributed by atoms with van der Waals surface area (Å²) in [5, 5.41) is 14.0. The molecule has 0 aromatic heterocycles. The number of halogens is 2. The number of aliphatic hydroxyl groups excluding tert-OH is 1. The van der Waals surface area contributed by atoms with Gasteiger partial charge in [-0.25, -0.2) is 0 Å². The molecule has 1 aliphatic rings. The van der Waals surface area contributed by atoms with E-state index in [1.807, 2.05) is 0 Å². The minimum absolute atomic E-state index is 0.156. The highest BCUT2D eigenvalue weighted by atomic mass is 35.5. The molecule has 2 N–H and O–H groups in total. The zero-order chi connectivity index (χ0) is 15.1. The van der Waals surface area contributed by atoms with E-state index in [1.54, 1.807) is 18.2 Å². The number of hydrogen-bond donors (Lipinski definition) is 2. The van der Waals surface area contributed by atoms with Crippen LogP contribution < -0.4 is 10.1 Å². The van der Waals surface area contributed by atoms with Crippen LogP contribution in [0, 0.1) is 5.92 Å². The molecule has 1 heterocycles. The van der Waals surface area contributed by atoms with Crippen molar-refractivity contribution in [2.45, 2.75) is 18.9 Å². The molecule has 1 saturated heterocycles. The van der Waals surface area contributed by atoms with Gasteiger partial charge in [0.1, 0.15) is 12.7 Å². The molecule has 1 aliphatic heterocycles. The van der Waals surface area contributed by atoms with Gasteiger partial charge in [0, 0.05) is 19.8 Å². The van der Waals surface area contributed by atoms with Crippen molar-refractivity contribution in [3.8, 4) is 5.75 Å². The summed E-state index contributed by atoms with van der Waals surface area (Å²) < 4.78 is 10.8. The van der Waals surface area contributed by atoms with Gasteiger partial charge in [-0.15, -0.1) is 0 Å². The van der Waals surface area contributed by atoms with Gasteiger partial charge >= 0.3 is 0 Å². The molecule has 1 aromatic rings. The number of benzene rings is 1. The van der Waals surface area contributed by atoms with Crippen molar-refractivity contribution in [3.05, 3.63) is 28.2 Å². The van der Waals surface area contributed by atoms with Crippen LogP contribution in [0.25, 0.3) is 0 Å². The lowest BCUT2D eigenvalue weighted by molar-refractivity contribution is 0.106. The van der Waals surface area contributed by atoms with Gasteiger partial charge in [0.2, 0.25) is 0 Å². The van der Waals surface area contributed by atoms with E-state index in [0.29, 0.717) is 28.3 Å². The van der Waals surface area contributed by atoms with Gasteiger partial charge in [0.15, 0.2) is 5.75 Å². The Morgan fingerprint density at radius 1 is 1.38 bits per heavy atom. The highest BCUT2D eigenvalue weighted by Crippen LogP contribution is 2.32. The third-order valence-electron chi connectivity index (χ3n) is 3.47. The quantitative estimate of drug-likeness (QED) is 0.718. The predicted molar refractivity (Wildman–Crippen MR) is 84.4 cm³/mol. The molecule has 4 nitrogen and oxygen atoms in total. The first kappa shape index (κ1) is 16.8. The molecule has 2 unspecified atom stereocenters. The summed E-state index contributed by atoms with van der Waals surface area (Å²) in [5.74, 6) is 1.07. The Balaban J connectivity index is 1.62. The minimum Gasteiger partial charge on any atom is -0.488 e. The molecule has 118 valence electrons. The van der Waals surface area contributed by atoms with Gasteiger partial charge in [-0.3, -0.25) is 0 Å². The number of nitrogens with one attached hydrogen (secondary N) is 1. The third-order valence-corrected chi connectivity index (χ3v) is 4.07. The second kappa shape index (κ2) is 8.81. The lowest BCUT2D eigenvalue weighted by Gasteiger charge is -2.15. The van der Waals surface area contributed by atoms with E-state index in [9.17, 15) is 5.11 Å². The van der Waals surface area contributed by atoms with Crippen LogP contribution in [0.5, 0.6) is 5.75 Å². The maximum atomic E-state index is 9.89. The van der Waals surface area contributed by atoms with Crippen LogP contribution in [0.15, 0.2) is 18.2 Å². The fraction of sp³-hybridized carbons (Fsp3) is 0.600. The number of rotatable bonds is 8. The van der Waals surface area contributed by atoms with E-state index >= 15 is 0 Å². The Labute approximate surface area is 135 Å². The summed E-state index contributed by atoms with van der Waals surface area (Å²) in [7, 11) is 0. The van der Waals surface area contributed by atoms with E-state index in [4.69, 9.17) is 32.7 Å². The van der Waals surface area contributed by atoms with Gasteiger partial charge in [-0.1, -0.05) is 29.3 Å². The Morgan fingerprint density at radius 3 is 2.81 bits per heavy atom. The first-order chi connectivity index (χ1) is 10.2. The fourth-order valence-electron chi connectivity index (χ4n) is 2.24. The smallest absolute Gasteiger partial charge is 0.156 e. The lowest BCUT2D eigenvalue weighted by atomic mass is 10.1. The topological polar surface area (TPSA) is 50.7 Å². The minimum atomic E-state index is -0.600. The summed E-state index contributed by atoms with van der Waals surface area (Å²) in [6.45, 7) is 3.24. The summed E-state index contributed by atoms with van der Waals surface area (Å²) in [4.78, 5) is 0. The summed E-state index contributed by atoms with van der Waals surface area (Å²) >= 11 is 12.0. The van der Waals surface area contributed by atoms with Gasteiger partial charge in [-0.05, 0) is 37.4 Å². The Kier molecular flexibility index (Phi) is 7.07. The lowest BCUT2D eigenvalue weighted by Crippen LogP contribution is -2.32. The Bertz CT molecular complexity index is 419. The molecule has 0 saturated carbocycles. The molecule has 0 spiro atoms. The van der Waals surface area contributed by atoms with Crippen molar-refractivity contribution in [2.75, 3.05) is 32.9 Å². The number of aliphatic hydroxyl groups is 1. The van der Waals surface area contributed by atoms with Gasteiger partial charge in [0.05, 0.1) is 10.0 Å². The van der Waals surface area contributed by atoms with E-state index in [0.717, 1.165) is 32.6 Å². The molecule has 2 rings (SSSR count). The molecular formula is C15H21Cl2NO3. The molecule has 1 aromatic carbocycles. The molecule has 0 bridgehead atoms. The molecular weight excluding hydrogens is 313 g/mol. The largest absolute Gasteiger partial charge is 0.488 e. The van der Waals surface area contributed by atoms with Crippen LogP contribution in [-0.4, -0.2) is 44.1 Å². The van der Waals surface area contributed by atoms with Crippen molar-refractivity contribution < 1.29 is 14.6 Å². The average molecular weight is 334 g/mol. The number of para-hydroxylation sites is 1. The van der Waals surface area contributed by atoms with Crippen LogP contribution in [0.4, 0.5) is 0 Å². The van der Waals surface area contributed by atoms with Gasteiger partial charge < -0.3 is 19.9 Å². The molecule has 1 fully saturated rings. The van der Waals surface area contributed by atoms with Crippen molar-refractivity contribution in [2.24, 2.45) is 5.92 Å². The zero-order valence-corrected chi connectivity index (χ0v) is 13.4. The second-order valence-electron chi connectivity index (χ2n) is 5.24. The first-order valence-electron chi connectivity index (χ1n) is 7.20. The van der Waals surface area contributed by atoms with Crippen molar-refractivity contribution in [3.63, 3.8) is 0 Å². The molecule has 2 atom stereocenters. The van der Waals surface area contributed by atoms with Crippen LogP contribution in [0.3, 0.4) is 0 Å². The first-order valence-corrected chi connectivity index (χ1v) is 7.95. The third kappa shape index (κ3) is 5.64. The van der Waals surface area contributed by atoms with E-state index in [2.05, 4.69) is 5.32 Å². The zero-order valence-electron chi connectivity index (χ0n) is 11.9. The maximum absolute atomic E-state index is 9.89. The van der Waals surface area contributed by atoms with E-state index in [-0.39, 0.29) is 6.61 Å². The monoisotopic (exact) mass is 333 g/mol.